The number of aromatic nitrogens is 6. The van der Waals surface area contributed by atoms with Crippen LogP contribution in [0.3, 0.4) is 0 Å². The van der Waals surface area contributed by atoms with Crippen LogP contribution in [0.15, 0.2) is 22.6 Å². The number of nitrogens with zero attached hydrogens (tertiary/aromatic N) is 8. The summed E-state index contributed by atoms with van der Waals surface area (Å²) in [7, 11) is 1.65. The highest BCUT2D eigenvalue weighted by Crippen LogP contribution is 2.41. The van der Waals surface area contributed by atoms with Gasteiger partial charge in [0.1, 0.15) is 23.3 Å². The van der Waals surface area contributed by atoms with Gasteiger partial charge in [-0.05, 0) is 22.9 Å². The van der Waals surface area contributed by atoms with E-state index in [2.05, 4.69) is 25.9 Å². The lowest BCUT2D eigenvalue weighted by Gasteiger charge is -2.49. The normalized spacial score (nSPS) is 19.8. The van der Waals surface area contributed by atoms with E-state index < -0.39 is 45.5 Å². The van der Waals surface area contributed by atoms with Crippen molar-refractivity contribution in [1.29, 1.82) is 0 Å². The highest BCUT2D eigenvalue weighted by atomic mass is 32.2. The third kappa shape index (κ3) is 4.04. The molecule has 2 amide bonds. The van der Waals surface area contributed by atoms with Gasteiger partial charge in [0.05, 0.1) is 4.92 Å². The molecule has 174 valence electrons. The van der Waals surface area contributed by atoms with Crippen molar-refractivity contribution < 1.29 is 24.4 Å². The fourth-order valence-electron chi connectivity index (χ4n) is 3.37. The van der Waals surface area contributed by atoms with Gasteiger partial charge in [0.15, 0.2) is 0 Å². The molecule has 2 aromatic heterocycles. The zero-order valence-corrected chi connectivity index (χ0v) is 18.9. The Bertz CT molecular complexity index is 1190. The van der Waals surface area contributed by atoms with Gasteiger partial charge in [0.25, 0.3) is 11.8 Å². The number of thioether (sulfide) groups is 2. The number of tetrazole rings is 1. The Hall–Kier alpha value is -3.47. The molecule has 4 heterocycles. The minimum atomic E-state index is -1.26. The first-order chi connectivity index (χ1) is 15.7. The molecule has 0 spiro atoms. The first kappa shape index (κ1) is 22.7. The van der Waals surface area contributed by atoms with Gasteiger partial charge in [0, 0.05) is 25.1 Å². The zero-order valence-electron chi connectivity index (χ0n) is 17.2. The standard InChI is InChI=1S/C16H17N9O6S2/c1-3-23-4-8(25(30)31)9(19-23)12(26)17-10-13(27)24-11(15(28)29)7(5-32-14(10)24)6-33-16-18-20-21-22(16)2/h4,10,14H,3,5-6H2,1-2H3,(H,17,26)(H,28,29)/t10-,14+/m0/s1. The Labute approximate surface area is 193 Å². The predicted octanol–water partition coefficient (Wildman–Crippen LogP) is -0.521. The van der Waals surface area contributed by atoms with E-state index in [0.717, 1.165) is 11.1 Å². The van der Waals surface area contributed by atoms with Gasteiger partial charge >= 0.3 is 11.7 Å². The van der Waals surface area contributed by atoms with Gasteiger partial charge in [-0.3, -0.25) is 29.3 Å². The van der Waals surface area contributed by atoms with Crippen LogP contribution in [-0.2, 0) is 23.2 Å². The van der Waals surface area contributed by atoms with Crippen molar-refractivity contribution in [1.82, 2.24) is 40.2 Å². The second-order valence-corrected chi connectivity index (χ2v) is 9.02. The quantitative estimate of drug-likeness (QED) is 0.206. The van der Waals surface area contributed by atoms with Crippen molar-refractivity contribution in [2.75, 3.05) is 11.5 Å². The Morgan fingerprint density at radius 1 is 1.45 bits per heavy atom. The van der Waals surface area contributed by atoms with Crippen molar-refractivity contribution in [3.05, 3.63) is 33.3 Å². The molecule has 1 fully saturated rings. The molecule has 0 saturated carbocycles. The Morgan fingerprint density at radius 3 is 2.82 bits per heavy atom. The average Bonchev–Trinajstić information content (AvgIpc) is 3.41. The smallest absolute Gasteiger partial charge is 0.352 e. The summed E-state index contributed by atoms with van der Waals surface area (Å²) in [6.45, 7) is 2.03. The molecule has 1 saturated heterocycles. The van der Waals surface area contributed by atoms with Crippen LogP contribution in [0.2, 0.25) is 0 Å². The molecule has 0 bridgehead atoms. The second kappa shape index (κ2) is 8.81. The number of aliphatic carboxylic acids is 1. The van der Waals surface area contributed by atoms with Gasteiger partial charge in [-0.25, -0.2) is 9.48 Å². The van der Waals surface area contributed by atoms with Crippen LogP contribution in [-0.4, -0.2) is 85.6 Å². The average molecular weight is 496 g/mol. The summed E-state index contributed by atoms with van der Waals surface area (Å²) in [6, 6.07) is -1.03. The molecule has 17 heteroatoms. The lowest BCUT2D eigenvalue weighted by Crippen LogP contribution is -2.70. The number of carbonyl (C=O) groups is 3. The summed E-state index contributed by atoms with van der Waals surface area (Å²) >= 11 is 2.53. The van der Waals surface area contributed by atoms with Gasteiger partial charge in [-0.1, -0.05) is 11.8 Å². The van der Waals surface area contributed by atoms with Crippen LogP contribution in [0.25, 0.3) is 0 Å². The Morgan fingerprint density at radius 2 is 2.21 bits per heavy atom. The SMILES string of the molecule is CCn1cc([N+](=O)[O-])c(C(=O)N[C@H]2C(=O)N3C(C(=O)O)=C(CSc4nnnn4C)CS[C@H]23)n1. The third-order valence-electron chi connectivity index (χ3n) is 4.97. The zero-order chi connectivity index (χ0) is 23.9. The summed E-state index contributed by atoms with van der Waals surface area (Å²) < 4.78 is 2.70. The Balaban J connectivity index is 1.51. The number of fused-ring (bicyclic) bond motifs is 1. The number of amides is 2. The summed E-state index contributed by atoms with van der Waals surface area (Å²) in [5.74, 6) is -2.17. The van der Waals surface area contributed by atoms with E-state index in [1.54, 1.807) is 14.0 Å². The van der Waals surface area contributed by atoms with E-state index in [1.165, 1.54) is 32.9 Å². The molecule has 0 aliphatic carbocycles. The van der Waals surface area contributed by atoms with Crippen molar-refractivity contribution in [3.8, 4) is 0 Å². The Kier molecular flexibility index (Phi) is 6.07. The van der Waals surface area contributed by atoms with Gasteiger partial charge in [-0.2, -0.15) is 5.10 Å². The summed E-state index contributed by atoms with van der Waals surface area (Å²) in [6.07, 6.45) is 1.14. The second-order valence-electron chi connectivity index (χ2n) is 6.97. The monoisotopic (exact) mass is 495 g/mol. The fraction of sp³-hybridized carbons (Fsp3) is 0.438. The minimum Gasteiger partial charge on any atom is -0.477 e. The van der Waals surface area contributed by atoms with Crippen LogP contribution in [0.1, 0.15) is 17.4 Å². The van der Waals surface area contributed by atoms with Crippen molar-refractivity contribution in [3.63, 3.8) is 0 Å². The van der Waals surface area contributed by atoms with E-state index in [9.17, 15) is 29.6 Å². The van der Waals surface area contributed by atoms with Crippen LogP contribution in [0, 0.1) is 10.1 Å². The number of nitro groups is 1. The summed E-state index contributed by atoms with van der Waals surface area (Å²) in [4.78, 5) is 49.0. The first-order valence-electron chi connectivity index (χ1n) is 9.50. The molecule has 0 aromatic carbocycles. The maximum Gasteiger partial charge on any atom is 0.352 e. The van der Waals surface area contributed by atoms with Crippen molar-refractivity contribution >= 4 is 47.0 Å². The lowest BCUT2D eigenvalue weighted by atomic mass is 10.0. The van der Waals surface area contributed by atoms with E-state index in [-0.39, 0.29) is 11.4 Å². The van der Waals surface area contributed by atoms with Gasteiger partial charge < -0.3 is 10.4 Å². The van der Waals surface area contributed by atoms with Gasteiger partial charge in [0.2, 0.25) is 10.9 Å². The number of hydrogen-bond acceptors (Lipinski definition) is 11. The molecular formula is C16H17N9O6S2. The number of nitrogens with one attached hydrogen (secondary N) is 1. The number of hydrogen-bond donors (Lipinski definition) is 2. The highest BCUT2D eigenvalue weighted by Gasteiger charge is 2.54. The number of carbonyl (C=O) groups excluding carboxylic acids is 2. The summed E-state index contributed by atoms with van der Waals surface area (Å²) in [5, 5.41) is 38.3. The number of carboxylic acids is 1. The van der Waals surface area contributed by atoms with Crippen molar-refractivity contribution in [2.45, 2.75) is 30.0 Å². The minimum absolute atomic E-state index is 0.141. The molecule has 2 aliphatic heterocycles. The molecule has 0 unspecified atom stereocenters. The van der Waals surface area contributed by atoms with E-state index in [1.807, 2.05) is 0 Å². The maximum absolute atomic E-state index is 12.8. The maximum atomic E-state index is 12.8. The highest BCUT2D eigenvalue weighted by molar-refractivity contribution is 8.01. The number of rotatable bonds is 8. The largest absolute Gasteiger partial charge is 0.477 e. The molecule has 15 nitrogen and oxygen atoms in total. The molecule has 4 rings (SSSR count). The molecule has 33 heavy (non-hydrogen) atoms. The molecule has 2 aromatic rings. The number of aryl methyl sites for hydroxylation is 2. The number of β-lactam (4-membered cyclic amide) rings is 1. The first-order valence-corrected chi connectivity index (χ1v) is 11.5. The molecule has 0 radical (unpaired) electrons. The molecule has 2 atom stereocenters. The van der Waals surface area contributed by atoms with E-state index in [0.29, 0.717) is 23.0 Å². The lowest BCUT2D eigenvalue weighted by molar-refractivity contribution is -0.385. The van der Waals surface area contributed by atoms with E-state index in [4.69, 9.17) is 0 Å². The topological polar surface area (TPSA) is 191 Å². The van der Waals surface area contributed by atoms with Crippen LogP contribution in [0.5, 0.6) is 0 Å². The molecule has 2 N–H and O–H groups in total. The predicted molar refractivity (Wildman–Crippen MR) is 113 cm³/mol. The third-order valence-corrected chi connectivity index (χ3v) is 7.41. The summed E-state index contributed by atoms with van der Waals surface area (Å²) in [5.41, 5.74) is -0.499. The van der Waals surface area contributed by atoms with Crippen LogP contribution in [0.4, 0.5) is 5.69 Å². The molecule has 2 aliphatic rings. The number of carboxylic acid groups (broad SMARTS) is 1. The van der Waals surface area contributed by atoms with Gasteiger partial charge in [-0.15, -0.1) is 16.9 Å². The molecular weight excluding hydrogens is 478 g/mol. The fourth-order valence-corrected chi connectivity index (χ4v) is 5.70. The van der Waals surface area contributed by atoms with Crippen LogP contribution < -0.4 is 5.32 Å². The van der Waals surface area contributed by atoms with E-state index >= 15 is 0 Å². The van der Waals surface area contributed by atoms with Crippen molar-refractivity contribution in [2.24, 2.45) is 7.05 Å². The van der Waals surface area contributed by atoms with Crippen LogP contribution >= 0.6 is 23.5 Å².